The highest BCUT2D eigenvalue weighted by atomic mass is 79.9. The molecule has 1 aliphatic rings. The van der Waals surface area contributed by atoms with E-state index in [2.05, 4.69) is 28.9 Å². The SMILES string of the molecule is CCCCc1cc(Br)ccc1OC1CCCCO1. The number of benzene rings is 1. The second kappa shape index (κ2) is 7.15. The first-order chi connectivity index (χ1) is 8.79. The Morgan fingerprint density at radius 2 is 2.28 bits per heavy atom. The van der Waals surface area contributed by atoms with Crippen LogP contribution in [-0.4, -0.2) is 12.9 Å². The summed E-state index contributed by atoms with van der Waals surface area (Å²) in [6.45, 7) is 3.04. The van der Waals surface area contributed by atoms with Gasteiger partial charge in [-0.05, 0) is 49.4 Å². The Labute approximate surface area is 118 Å². The van der Waals surface area contributed by atoms with Crippen molar-refractivity contribution in [1.82, 2.24) is 0 Å². The van der Waals surface area contributed by atoms with Crippen LogP contribution in [0.15, 0.2) is 22.7 Å². The number of ether oxygens (including phenoxy) is 2. The molecule has 1 aromatic rings. The van der Waals surface area contributed by atoms with Crippen LogP contribution in [0.3, 0.4) is 0 Å². The summed E-state index contributed by atoms with van der Waals surface area (Å²) >= 11 is 3.53. The molecule has 0 aromatic heterocycles. The third-order valence-corrected chi connectivity index (χ3v) is 3.71. The van der Waals surface area contributed by atoms with Gasteiger partial charge in [0.15, 0.2) is 6.29 Å². The van der Waals surface area contributed by atoms with Gasteiger partial charge in [-0.3, -0.25) is 0 Å². The van der Waals surface area contributed by atoms with Crippen molar-refractivity contribution in [2.45, 2.75) is 51.7 Å². The largest absolute Gasteiger partial charge is 0.465 e. The van der Waals surface area contributed by atoms with E-state index in [4.69, 9.17) is 9.47 Å². The molecule has 1 saturated heterocycles. The van der Waals surface area contributed by atoms with Gasteiger partial charge in [0.25, 0.3) is 0 Å². The smallest absolute Gasteiger partial charge is 0.199 e. The monoisotopic (exact) mass is 312 g/mol. The normalized spacial score (nSPS) is 19.8. The number of unbranched alkanes of at least 4 members (excludes halogenated alkanes) is 1. The minimum Gasteiger partial charge on any atom is -0.465 e. The van der Waals surface area contributed by atoms with Gasteiger partial charge in [0.2, 0.25) is 0 Å². The number of hydrogen-bond acceptors (Lipinski definition) is 2. The maximum absolute atomic E-state index is 6.00. The average Bonchev–Trinajstić information content (AvgIpc) is 2.40. The molecule has 1 fully saturated rings. The first kappa shape index (κ1) is 13.9. The van der Waals surface area contributed by atoms with Gasteiger partial charge >= 0.3 is 0 Å². The molecule has 18 heavy (non-hydrogen) atoms. The first-order valence-electron chi connectivity index (χ1n) is 6.86. The Balaban J connectivity index is 2.04. The van der Waals surface area contributed by atoms with Crippen LogP contribution in [0.1, 0.15) is 44.6 Å². The van der Waals surface area contributed by atoms with Gasteiger partial charge in [0.05, 0.1) is 6.61 Å². The van der Waals surface area contributed by atoms with Gasteiger partial charge in [-0.15, -0.1) is 0 Å². The summed E-state index contributed by atoms with van der Waals surface area (Å²) < 4.78 is 12.7. The van der Waals surface area contributed by atoms with E-state index in [1.165, 1.54) is 24.8 Å². The zero-order valence-corrected chi connectivity index (χ0v) is 12.5. The molecule has 1 heterocycles. The molecular weight excluding hydrogens is 292 g/mol. The Morgan fingerprint density at radius 3 is 3.00 bits per heavy atom. The Bertz CT molecular complexity index is 373. The maximum Gasteiger partial charge on any atom is 0.199 e. The molecule has 3 heteroatoms. The van der Waals surface area contributed by atoms with Crippen LogP contribution in [0, 0.1) is 0 Å². The summed E-state index contributed by atoms with van der Waals surface area (Å²) in [5.74, 6) is 0.985. The van der Waals surface area contributed by atoms with Crippen molar-refractivity contribution in [3.8, 4) is 5.75 Å². The molecule has 0 saturated carbocycles. The molecule has 2 nitrogen and oxygen atoms in total. The van der Waals surface area contributed by atoms with Crippen molar-refractivity contribution in [1.29, 1.82) is 0 Å². The molecule has 1 aromatic carbocycles. The topological polar surface area (TPSA) is 18.5 Å². The Morgan fingerprint density at radius 1 is 1.39 bits per heavy atom. The van der Waals surface area contributed by atoms with Crippen LogP contribution in [0.25, 0.3) is 0 Å². The standard InChI is InChI=1S/C15H21BrO2/c1-2-3-6-12-11-13(16)8-9-14(12)18-15-7-4-5-10-17-15/h8-9,11,15H,2-7,10H2,1H3. The lowest BCUT2D eigenvalue weighted by Gasteiger charge is -2.24. The van der Waals surface area contributed by atoms with E-state index in [0.29, 0.717) is 0 Å². The number of halogens is 1. The van der Waals surface area contributed by atoms with Crippen molar-refractivity contribution in [2.75, 3.05) is 6.61 Å². The van der Waals surface area contributed by atoms with E-state index in [1.807, 2.05) is 12.1 Å². The molecule has 0 spiro atoms. The molecule has 1 unspecified atom stereocenters. The van der Waals surface area contributed by atoms with Crippen LogP contribution in [0.2, 0.25) is 0 Å². The molecule has 2 rings (SSSR count). The fourth-order valence-electron chi connectivity index (χ4n) is 2.17. The molecule has 0 bridgehead atoms. The zero-order valence-electron chi connectivity index (χ0n) is 11.0. The predicted molar refractivity (Wildman–Crippen MR) is 77.0 cm³/mol. The molecular formula is C15H21BrO2. The molecule has 100 valence electrons. The van der Waals surface area contributed by atoms with Crippen LogP contribution >= 0.6 is 15.9 Å². The summed E-state index contributed by atoms with van der Waals surface area (Å²) in [7, 11) is 0. The van der Waals surface area contributed by atoms with Gasteiger partial charge in [0, 0.05) is 10.9 Å². The van der Waals surface area contributed by atoms with E-state index >= 15 is 0 Å². The highest BCUT2D eigenvalue weighted by molar-refractivity contribution is 9.10. The number of hydrogen-bond donors (Lipinski definition) is 0. The highest BCUT2D eigenvalue weighted by Gasteiger charge is 2.16. The van der Waals surface area contributed by atoms with E-state index < -0.39 is 0 Å². The lowest BCUT2D eigenvalue weighted by atomic mass is 10.1. The number of aryl methyl sites for hydroxylation is 1. The molecule has 1 aliphatic heterocycles. The molecule has 0 N–H and O–H groups in total. The van der Waals surface area contributed by atoms with Gasteiger partial charge in [0.1, 0.15) is 5.75 Å². The average molecular weight is 313 g/mol. The van der Waals surface area contributed by atoms with Crippen molar-refractivity contribution >= 4 is 15.9 Å². The Kier molecular flexibility index (Phi) is 5.51. The molecule has 0 amide bonds. The third-order valence-electron chi connectivity index (χ3n) is 3.22. The summed E-state index contributed by atoms with van der Waals surface area (Å²) in [5.41, 5.74) is 1.28. The van der Waals surface area contributed by atoms with Gasteiger partial charge in [-0.1, -0.05) is 29.3 Å². The fraction of sp³-hybridized carbons (Fsp3) is 0.600. The minimum absolute atomic E-state index is 0.0553. The second-order valence-electron chi connectivity index (χ2n) is 4.77. The van der Waals surface area contributed by atoms with Crippen LogP contribution in [0.5, 0.6) is 5.75 Å². The summed E-state index contributed by atoms with van der Waals surface area (Å²) in [6, 6.07) is 6.24. The van der Waals surface area contributed by atoms with E-state index in [-0.39, 0.29) is 6.29 Å². The van der Waals surface area contributed by atoms with Gasteiger partial charge < -0.3 is 9.47 Å². The molecule has 0 radical (unpaired) electrons. The number of rotatable bonds is 5. The first-order valence-corrected chi connectivity index (χ1v) is 7.65. The summed E-state index contributed by atoms with van der Waals surface area (Å²) in [5, 5.41) is 0. The third kappa shape index (κ3) is 3.99. The van der Waals surface area contributed by atoms with Crippen LogP contribution < -0.4 is 4.74 Å². The van der Waals surface area contributed by atoms with E-state index in [0.717, 1.165) is 36.1 Å². The Hall–Kier alpha value is -0.540. The van der Waals surface area contributed by atoms with Crippen molar-refractivity contribution in [2.24, 2.45) is 0 Å². The minimum atomic E-state index is -0.0553. The van der Waals surface area contributed by atoms with Gasteiger partial charge in [-0.25, -0.2) is 0 Å². The van der Waals surface area contributed by atoms with E-state index in [1.54, 1.807) is 0 Å². The molecule has 1 atom stereocenters. The fourth-order valence-corrected chi connectivity index (χ4v) is 2.58. The maximum atomic E-state index is 6.00. The van der Waals surface area contributed by atoms with Crippen LogP contribution in [0.4, 0.5) is 0 Å². The second-order valence-corrected chi connectivity index (χ2v) is 5.69. The van der Waals surface area contributed by atoms with Gasteiger partial charge in [-0.2, -0.15) is 0 Å². The lowest BCUT2D eigenvalue weighted by Crippen LogP contribution is -2.25. The lowest BCUT2D eigenvalue weighted by molar-refractivity contribution is -0.106. The van der Waals surface area contributed by atoms with Crippen molar-refractivity contribution < 1.29 is 9.47 Å². The van der Waals surface area contributed by atoms with Crippen LogP contribution in [-0.2, 0) is 11.2 Å². The van der Waals surface area contributed by atoms with Crippen molar-refractivity contribution in [3.63, 3.8) is 0 Å². The molecule has 0 aliphatic carbocycles. The quantitative estimate of drug-likeness (QED) is 0.784. The van der Waals surface area contributed by atoms with Crippen molar-refractivity contribution in [3.05, 3.63) is 28.2 Å². The summed E-state index contributed by atoms with van der Waals surface area (Å²) in [6.07, 6.45) is 6.76. The summed E-state index contributed by atoms with van der Waals surface area (Å²) in [4.78, 5) is 0. The van der Waals surface area contributed by atoms with E-state index in [9.17, 15) is 0 Å². The predicted octanol–water partition coefficient (Wildman–Crippen LogP) is 4.70. The zero-order chi connectivity index (χ0) is 12.8. The highest BCUT2D eigenvalue weighted by Crippen LogP contribution is 2.27.